The van der Waals surface area contributed by atoms with Gasteiger partial charge in [0, 0.05) is 7.05 Å². The molecule has 1 N–H and O–H groups in total. The minimum Gasteiger partial charge on any atom is -1.00 e. The molecular formula is C13H23ClN2O. The van der Waals surface area contributed by atoms with Gasteiger partial charge in [-0.25, -0.2) is 0 Å². The SMILES string of the molecule is COc1ccccc1CC(C)N(C)[NH+](C)C.[Cl-]. The number of benzene rings is 1. The molecule has 98 valence electrons. The van der Waals surface area contributed by atoms with Gasteiger partial charge in [0.25, 0.3) is 0 Å². The Morgan fingerprint density at radius 2 is 1.88 bits per heavy atom. The summed E-state index contributed by atoms with van der Waals surface area (Å²) in [5.74, 6) is 0.983. The molecule has 0 aliphatic rings. The molecule has 4 heteroatoms. The van der Waals surface area contributed by atoms with Gasteiger partial charge in [-0.2, -0.15) is 5.01 Å². The van der Waals surface area contributed by atoms with Crippen molar-refractivity contribution in [2.75, 3.05) is 28.3 Å². The Morgan fingerprint density at radius 3 is 2.41 bits per heavy atom. The molecule has 0 saturated carbocycles. The van der Waals surface area contributed by atoms with E-state index in [1.54, 1.807) is 7.11 Å². The molecule has 0 radical (unpaired) electrons. The first-order valence-corrected chi connectivity index (χ1v) is 5.71. The van der Waals surface area contributed by atoms with Gasteiger partial charge in [0.05, 0.1) is 27.2 Å². The van der Waals surface area contributed by atoms with Gasteiger partial charge < -0.3 is 17.1 Å². The number of halogens is 1. The molecule has 0 saturated heterocycles. The number of quaternary nitrogens is 1. The van der Waals surface area contributed by atoms with E-state index in [9.17, 15) is 0 Å². The van der Waals surface area contributed by atoms with Crippen LogP contribution < -0.4 is 22.2 Å². The Hall–Kier alpha value is -0.770. The smallest absolute Gasteiger partial charge is 0.122 e. The molecule has 0 heterocycles. The van der Waals surface area contributed by atoms with Crippen LogP contribution in [-0.4, -0.2) is 39.3 Å². The van der Waals surface area contributed by atoms with Crippen LogP contribution >= 0.6 is 0 Å². The second kappa shape index (κ2) is 7.54. The maximum absolute atomic E-state index is 5.36. The lowest BCUT2D eigenvalue weighted by molar-refractivity contribution is -0.982. The predicted octanol–water partition coefficient (Wildman–Crippen LogP) is -2.38. The van der Waals surface area contributed by atoms with Crippen LogP contribution in [0.15, 0.2) is 24.3 Å². The Bertz CT molecular complexity index is 331. The standard InChI is InChI=1S/C13H22N2O.ClH/c1-11(15(4)14(2)3)10-12-8-6-7-9-13(12)16-5;/h6-9,11H,10H2,1-5H3;1H. The summed E-state index contributed by atoms with van der Waals surface area (Å²) >= 11 is 0. The molecule has 0 fully saturated rings. The third-order valence-corrected chi connectivity index (χ3v) is 3.07. The summed E-state index contributed by atoms with van der Waals surface area (Å²) in [5.41, 5.74) is 1.27. The first-order valence-electron chi connectivity index (χ1n) is 5.71. The van der Waals surface area contributed by atoms with E-state index in [1.807, 2.05) is 12.1 Å². The topological polar surface area (TPSA) is 16.9 Å². The van der Waals surface area contributed by atoms with Crippen LogP contribution in [0, 0.1) is 0 Å². The van der Waals surface area contributed by atoms with Gasteiger partial charge in [-0.05, 0) is 25.0 Å². The largest absolute Gasteiger partial charge is 1.00 e. The van der Waals surface area contributed by atoms with Crippen molar-refractivity contribution in [1.82, 2.24) is 5.01 Å². The molecule has 1 atom stereocenters. The van der Waals surface area contributed by atoms with Gasteiger partial charge in [0.2, 0.25) is 0 Å². The van der Waals surface area contributed by atoms with Crippen LogP contribution in [0.3, 0.4) is 0 Å². The second-order valence-electron chi connectivity index (χ2n) is 4.42. The molecule has 17 heavy (non-hydrogen) atoms. The Kier molecular flexibility index (Phi) is 7.19. The Morgan fingerprint density at radius 1 is 1.29 bits per heavy atom. The van der Waals surface area contributed by atoms with Gasteiger partial charge >= 0.3 is 0 Å². The first kappa shape index (κ1) is 16.2. The zero-order valence-corrected chi connectivity index (χ0v) is 12.1. The second-order valence-corrected chi connectivity index (χ2v) is 4.42. The first-order chi connectivity index (χ1) is 7.56. The number of nitrogens with zero attached hydrogens (tertiary/aromatic N) is 1. The van der Waals surface area contributed by atoms with Crippen molar-refractivity contribution >= 4 is 0 Å². The van der Waals surface area contributed by atoms with E-state index in [1.165, 1.54) is 10.6 Å². The Balaban J connectivity index is 0.00000256. The average Bonchev–Trinajstić information content (AvgIpc) is 2.28. The summed E-state index contributed by atoms with van der Waals surface area (Å²) < 4.78 is 5.36. The van der Waals surface area contributed by atoms with Gasteiger partial charge in [0.15, 0.2) is 0 Å². The fourth-order valence-corrected chi connectivity index (χ4v) is 1.77. The van der Waals surface area contributed by atoms with Crippen LogP contribution in [0.5, 0.6) is 5.75 Å². The van der Waals surface area contributed by atoms with Crippen LogP contribution in [0.2, 0.25) is 0 Å². The Labute approximate surface area is 111 Å². The van der Waals surface area contributed by atoms with Gasteiger partial charge in [-0.15, -0.1) is 0 Å². The monoisotopic (exact) mass is 258 g/mol. The minimum atomic E-state index is 0. The minimum absolute atomic E-state index is 0. The highest BCUT2D eigenvalue weighted by molar-refractivity contribution is 5.33. The normalized spacial score (nSPS) is 12.4. The number of ether oxygens (including phenoxy) is 1. The summed E-state index contributed by atoms with van der Waals surface area (Å²) in [6.07, 6.45) is 1.01. The summed E-state index contributed by atoms with van der Waals surface area (Å²) in [6, 6.07) is 8.71. The van der Waals surface area contributed by atoms with Crippen LogP contribution in [0.25, 0.3) is 0 Å². The van der Waals surface area contributed by atoms with E-state index < -0.39 is 0 Å². The van der Waals surface area contributed by atoms with Crippen molar-refractivity contribution in [3.63, 3.8) is 0 Å². The molecule has 1 unspecified atom stereocenters. The number of hydrogen-bond donors (Lipinski definition) is 1. The van der Waals surface area contributed by atoms with Crippen LogP contribution in [0.4, 0.5) is 0 Å². The number of likely N-dealkylation sites (N-methyl/N-ethyl adjacent to an activating group) is 1. The quantitative estimate of drug-likeness (QED) is 0.595. The maximum atomic E-state index is 5.36. The highest BCUT2D eigenvalue weighted by atomic mass is 35.5. The van der Waals surface area contributed by atoms with E-state index in [0.717, 1.165) is 12.2 Å². The van der Waals surface area contributed by atoms with Crippen LogP contribution in [-0.2, 0) is 6.42 Å². The average molecular weight is 259 g/mol. The molecule has 3 nitrogen and oxygen atoms in total. The fourth-order valence-electron chi connectivity index (χ4n) is 1.77. The molecule has 1 aromatic rings. The molecule has 0 aromatic heterocycles. The van der Waals surface area contributed by atoms with Gasteiger partial charge in [0.1, 0.15) is 5.75 Å². The summed E-state index contributed by atoms with van der Waals surface area (Å²) in [7, 11) is 8.14. The van der Waals surface area contributed by atoms with Crippen molar-refractivity contribution in [1.29, 1.82) is 0 Å². The van der Waals surface area contributed by atoms with Crippen molar-refractivity contribution in [2.24, 2.45) is 0 Å². The summed E-state index contributed by atoms with van der Waals surface area (Å²) in [4.78, 5) is 0. The third kappa shape index (κ3) is 4.54. The molecular weight excluding hydrogens is 236 g/mol. The molecule has 0 spiro atoms. The molecule has 0 aliphatic heterocycles. The summed E-state index contributed by atoms with van der Waals surface area (Å²) in [6.45, 7) is 2.24. The van der Waals surface area contributed by atoms with Crippen molar-refractivity contribution < 1.29 is 22.2 Å². The number of rotatable bonds is 5. The summed E-state index contributed by atoms with van der Waals surface area (Å²) in [5, 5.41) is 3.63. The molecule has 0 bridgehead atoms. The van der Waals surface area contributed by atoms with Crippen LogP contribution in [0.1, 0.15) is 12.5 Å². The zero-order valence-electron chi connectivity index (χ0n) is 11.3. The van der Waals surface area contributed by atoms with E-state index >= 15 is 0 Å². The highest BCUT2D eigenvalue weighted by Gasteiger charge is 2.16. The fraction of sp³-hybridized carbons (Fsp3) is 0.538. The molecule has 0 amide bonds. The predicted molar refractivity (Wildman–Crippen MR) is 66.7 cm³/mol. The lowest BCUT2D eigenvalue weighted by atomic mass is 10.1. The number of para-hydroxylation sites is 1. The van der Waals surface area contributed by atoms with E-state index in [0.29, 0.717) is 6.04 Å². The number of hydrogen-bond acceptors (Lipinski definition) is 2. The van der Waals surface area contributed by atoms with E-state index in [-0.39, 0.29) is 12.4 Å². The zero-order chi connectivity index (χ0) is 12.1. The lowest BCUT2D eigenvalue weighted by Crippen LogP contribution is -3.13. The highest BCUT2D eigenvalue weighted by Crippen LogP contribution is 2.19. The van der Waals surface area contributed by atoms with Crippen molar-refractivity contribution in [3.8, 4) is 5.75 Å². The van der Waals surface area contributed by atoms with E-state index in [2.05, 4.69) is 45.2 Å². The molecule has 1 rings (SSSR count). The molecule has 1 aromatic carbocycles. The van der Waals surface area contributed by atoms with Gasteiger partial charge in [-0.3, -0.25) is 5.01 Å². The number of methoxy groups -OCH3 is 1. The van der Waals surface area contributed by atoms with Gasteiger partial charge in [-0.1, -0.05) is 18.2 Å². The van der Waals surface area contributed by atoms with E-state index in [4.69, 9.17) is 4.74 Å². The van der Waals surface area contributed by atoms with Crippen molar-refractivity contribution in [3.05, 3.63) is 29.8 Å². The van der Waals surface area contributed by atoms with Crippen molar-refractivity contribution in [2.45, 2.75) is 19.4 Å². The lowest BCUT2D eigenvalue weighted by Gasteiger charge is -2.27. The molecule has 0 aliphatic carbocycles. The maximum Gasteiger partial charge on any atom is 0.122 e. The number of nitrogens with one attached hydrogen (secondary N) is 1. The third-order valence-electron chi connectivity index (χ3n) is 3.07.